The van der Waals surface area contributed by atoms with E-state index in [2.05, 4.69) is 5.10 Å². The molecule has 4 heteroatoms. The van der Waals surface area contributed by atoms with Gasteiger partial charge < -0.3 is 15.6 Å². The maximum absolute atomic E-state index is 4.92. The van der Waals surface area contributed by atoms with Gasteiger partial charge in [-0.15, -0.1) is 0 Å². The van der Waals surface area contributed by atoms with Crippen LogP contribution in [0.15, 0.2) is 17.5 Å². The fraction of sp³-hybridized carbons (Fsp3) is 0.500. The van der Waals surface area contributed by atoms with Crippen molar-refractivity contribution in [1.29, 1.82) is 0 Å². The minimum absolute atomic E-state index is 1.53. The van der Waals surface area contributed by atoms with Crippen LogP contribution in [0.25, 0.3) is 0 Å². The highest BCUT2D eigenvalue weighted by Gasteiger charge is 1.81. The summed E-state index contributed by atoms with van der Waals surface area (Å²) in [7, 11) is 5.75. The second kappa shape index (κ2) is 4.67. The zero-order valence-corrected chi connectivity index (χ0v) is 6.65. The Hall–Kier alpha value is -1.19. The molecule has 0 spiro atoms. The molecule has 0 fully saturated rings. The zero-order valence-electron chi connectivity index (χ0n) is 6.65. The van der Waals surface area contributed by atoms with Crippen molar-refractivity contribution in [3.05, 3.63) is 12.4 Å². The van der Waals surface area contributed by atoms with Crippen molar-refractivity contribution in [3.8, 4) is 0 Å². The molecular formula is C6H14N4. The smallest absolute Gasteiger partial charge is 0.114 e. The molecule has 0 saturated heterocycles. The minimum Gasteiger partial charge on any atom is -0.382 e. The van der Waals surface area contributed by atoms with Gasteiger partial charge in [-0.3, -0.25) is 0 Å². The minimum atomic E-state index is 1.53. The van der Waals surface area contributed by atoms with Gasteiger partial charge in [0.25, 0.3) is 0 Å². The highest BCUT2D eigenvalue weighted by molar-refractivity contribution is 5.55. The highest BCUT2D eigenvalue weighted by Crippen LogP contribution is 1.80. The van der Waals surface area contributed by atoms with Crippen LogP contribution >= 0.6 is 0 Å². The molecule has 58 valence electrons. The van der Waals surface area contributed by atoms with E-state index in [4.69, 9.17) is 5.84 Å². The zero-order chi connectivity index (χ0) is 7.98. The Kier molecular flexibility index (Phi) is 4.11. The molecule has 10 heavy (non-hydrogen) atoms. The van der Waals surface area contributed by atoms with E-state index in [0.29, 0.717) is 0 Å². The molecular weight excluding hydrogens is 128 g/mol. The third-order valence-electron chi connectivity index (χ3n) is 0.849. The second-order valence-electron chi connectivity index (χ2n) is 2.19. The molecule has 0 aliphatic rings. The largest absolute Gasteiger partial charge is 0.382 e. The van der Waals surface area contributed by atoms with Crippen molar-refractivity contribution in [2.75, 3.05) is 21.1 Å². The molecule has 0 aliphatic heterocycles. The van der Waals surface area contributed by atoms with Crippen molar-refractivity contribution in [1.82, 2.24) is 9.80 Å². The summed E-state index contributed by atoms with van der Waals surface area (Å²) in [5.74, 6) is 4.92. The van der Waals surface area contributed by atoms with Gasteiger partial charge in [0, 0.05) is 33.5 Å². The molecule has 0 amide bonds. The number of hydrazone groups is 1. The number of nitrogens with zero attached hydrogens (tertiary/aromatic N) is 3. The molecule has 0 aromatic heterocycles. The summed E-state index contributed by atoms with van der Waals surface area (Å²) in [5.41, 5.74) is 0. The van der Waals surface area contributed by atoms with Crippen LogP contribution in [-0.2, 0) is 0 Å². The lowest BCUT2D eigenvalue weighted by atomic mass is 10.7. The first kappa shape index (κ1) is 8.81. The van der Waals surface area contributed by atoms with E-state index in [1.165, 1.54) is 6.34 Å². The Balaban J connectivity index is 3.66. The Bertz CT molecular complexity index is 128. The first-order valence-corrected chi connectivity index (χ1v) is 2.97. The van der Waals surface area contributed by atoms with Gasteiger partial charge in [0.15, 0.2) is 0 Å². The monoisotopic (exact) mass is 142 g/mol. The van der Waals surface area contributed by atoms with Crippen LogP contribution in [0, 0.1) is 0 Å². The van der Waals surface area contributed by atoms with Crippen molar-refractivity contribution in [2.45, 2.75) is 0 Å². The molecule has 0 heterocycles. The highest BCUT2D eigenvalue weighted by atomic mass is 15.2. The van der Waals surface area contributed by atoms with Crippen LogP contribution < -0.4 is 5.84 Å². The number of rotatable bonds is 3. The quantitative estimate of drug-likeness (QED) is 0.258. The molecule has 0 rings (SSSR count). The van der Waals surface area contributed by atoms with Gasteiger partial charge in [-0.2, -0.15) is 5.10 Å². The van der Waals surface area contributed by atoms with E-state index in [-0.39, 0.29) is 0 Å². The first-order valence-electron chi connectivity index (χ1n) is 2.97. The lowest BCUT2D eigenvalue weighted by Gasteiger charge is -2.08. The molecule has 0 aromatic rings. The fourth-order valence-corrected chi connectivity index (χ4v) is 0.382. The third kappa shape index (κ3) is 4.96. The van der Waals surface area contributed by atoms with E-state index in [0.717, 1.165) is 0 Å². The van der Waals surface area contributed by atoms with Crippen molar-refractivity contribution >= 4 is 6.34 Å². The lowest BCUT2D eigenvalue weighted by molar-refractivity contribution is 0.546. The van der Waals surface area contributed by atoms with Gasteiger partial charge in [0.05, 0.1) is 0 Å². The van der Waals surface area contributed by atoms with Gasteiger partial charge in [0.1, 0.15) is 6.34 Å². The predicted molar refractivity (Wildman–Crippen MR) is 43.3 cm³/mol. The Morgan fingerprint density at radius 3 is 2.20 bits per heavy atom. The topological polar surface area (TPSA) is 44.9 Å². The second-order valence-corrected chi connectivity index (χ2v) is 2.19. The van der Waals surface area contributed by atoms with Gasteiger partial charge in [-0.25, -0.2) is 0 Å². The summed E-state index contributed by atoms with van der Waals surface area (Å²) < 4.78 is 0. The summed E-state index contributed by atoms with van der Waals surface area (Å²) in [4.78, 5) is 3.70. The molecule has 0 aliphatic carbocycles. The fourth-order valence-electron chi connectivity index (χ4n) is 0.382. The van der Waals surface area contributed by atoms with Gasteiger partial charge in [-0.05, 0) is 0 Å². The van der Waals surface area contributed by atoms with Crippen LogP contribution in [0.3, 0.4) is 0 Å². The molecule has 0 atom stereocenters. The van der Waals surface area contributed by atoms with Crippen molar-refractivity contribution in [2.24, 2.45) is 10.9 Å². The Morgan fingerprint density at radius 2 is 1.80 bits per heavy atom. The van der Waals surface area contributed by atoms with E-state index in [1.807, 2.05) is 38.4 Å². The third-order valence-corrected chi connectivity index (χ3v) is 0.849. The maximum atomic E-state index is 4.92. The molecule has 0 radical (unpaired) electrons. The number of hydrogen-bond acceptors (Lipinski definition) is 3. The summed E-state index contributed by atoms with van der Waals surface area (Å²) in [6.07, 6.45) is 5.29. The average molecular weight is 142 g/mol. The maximum Gasteiger partial charge on any atom is 0.114 e. The normalized spacial score (nSPS) is 11.1. The average Bonchev–Trinajstić information content (AvgIpc) is 1.85. The molecule has 0 aromatic carbocycles. The molecule has 0 saturated carbocycles. The van der Waals surface area contributed by atoms with Gasteiger partial charge in [0.2, 0.25) is 0 Å². The van der Waals surface area contributed by atoms with Crippen LogP contribution in [0.1, 0.15) is 0 Å². The van der Waals surface area contributed by atoms with Crippen LogP contribution in [-0.4, -0.2) is 37.3 Å². The summed E-state index contributed by atoms with van der Waals surface area (Å²) in [5, 5.41) is 3.34. The summed E-state index contributed by atoms with van der Waals surface area (Å²) in [6.45, 7) is 0. The molecule has 4 nitrogen and oxygen atoms in total. The van der Waals surface area contributed by atoms with Crippen LogP contribution in [0.5, 0.6) is 0 Å². The summed E-state index contributed by atoms with van der Waals surface area (Å²) in [6, 6.07) is 0. The first-order chi connectivity index (χ1) is 4.66. The Morgan fingerprint density at radius 1 is 1.20 bits per heavy atom. The van der Waals surface area contributed by atoms with Gasteiger partial charge in [-0.1, -0.05) is 0 Å². The van der Waals surface area contributed by atoms with E-state index < -0.39 is 0 Å². The molecule has 0 bridgehead atoms. The van der Waals surface area contributed by atoms with Gasteiger partial charge >= 0.3 is 0 Å². The lowest BCUT2D eigenvalue weighted by Crippen LogP contribution is -2.11. The van der Waals surface area contributed by atoms with Crippen molar-refractivity contribution < 1.29 is 0 Å². The molecule has 2 N–H and O–H groups in total. The standard InChI is InChI=1S/C6H14N4/c1-9(2)4-5-10(3)6-8-7/h4-6H,7H2,1-3H3/b5-4+,8-6?. The predicted octanol–water partition coefficient (Wildman–Crippen LogP) is -0.147. The Labute approximate surface area is 61.6 Å². The SMILES string of the molecule is CN(C)/C=C/N(C)C=NN. The van der Waals surface area contributed by atoms with Crippen molar-refractivity contribution in [3.63, 3.8) is 0 Å². The van der Waals surface area contributed by atoms with Crippen LogP contribution in [0.4, 0.5) is 0 Å². The number of nitrogens with two attached hydrogens (primary N) is 1. The molecule has 0 unspecified atom stereocenters. The number of hydrogen-bond donors (Lipinski definition) is 1. The van der Waals surface area contributed by atoms with E-state index in [9.17, 15) is 0 Å². The summed E-state index contributed by atoms with van der Waals surface area (Å²) >= 11 is 0. The van der Waals surface area contributed by atoms with E-state index >= 15 is 0 Å². The van der Waals surface area contributed by atoms with Crippen LogP contribution in [0.2, 0.25) is 0 Å². The van der Waals surface area contributed by atoms with E-state index in [1.54, 1.807) is 4.90 Å².